The molecule has 1 radical (unpaired) electrons. The summed E-state index contributed by atoms with van der Waals surface area (Å²) in [5.74, 6) is -0.529. The molecule has 0 unspecified atom stereocenters. The van der Waals surface area contributed by atoms with Gasteiger partial charge in [0.05, 0.1) is 23.4 Å². The van der Waals surface area contributed by atoms with Crippen molar-refractivity contribution in [3.8, 4) is 22.9 Å². The molecule has 0 fully saturated rings. The molecule has 0 bridgehead atoms. The number of pyridine rings is 2. The van der Waals surface area contributed by atoms with Crippen molar-refractivity contribution in [1.82, 2.24) is 33.7 Å². The zero-order valence-corrected chi connectivity index (χ0v) is 27.8. The van der Waals surface area contributed by atoms with Gasteiger partial charge in [-0.3, -0.25) is 15.0 Å². The van der Waals surface area contributed by atoms with Crippen LogP contribution in [0, 0.1) is 51.7 Å². The number of rotatable bonds is 3. The summed E-state index contributed by atoms with van der Waals surface area (Å²) in [5, 5.41) is 8.03. The van der Waals surface area contributed by atoms with E-state index in [0.717, 1.165) is 56.6 Å². The Labute approximate surface area is 277 Å². The van der Waals surface area contributed by atoms with Crippen molar-refractivity contribution in [2.75, 3.05) is 0 Å². The second-order valence-corrected chi connectivity index (χ2v) is 10.8. The molecule has 8 aromatic rings. The molecule has 0 saturated carbocycles. The van der Waals surface area contributed by atoms with E-state index in [1.807, 2.05) is 62.0 Å². The Morgan fingerprint density at radius 2 is 1.59 bits per heavy atom. The van der Waals surface area contributed by atoms with Crippen molar-refractivity contribution >= 4 is 27.3 Å². The van der Waals surface area contributed by atoms with Gasteiger partial charge in [0.25, 0.3) is 0 Å². The van der Waals surface area contributed by atoms with Gasteiger partial charge in [-0.2, -0.15) is 5.10 Å². The molecule has 46 heavy (non-hydrogen) atoms. The second kappa shape index (κ2) is 12.4. The summed E-state index contributed by atoms with van der Waals surface area (Å²) in [6.45, 7) is 8.01. The minimum atomic E-state index is -0.923. The van der Waals surface area contributed by atoms with Crippen LogP contribution in [-0.2, 0) is 20.1 Å². The van der Waals surface area contributed by atoms with E-state index in [2.05, 4.69) is 74.9 Å². The number of aryl methyl sites for hydroxylation is 4. The Balaban J connectivity index is 0.000000160. The molecule has 3 aromatic carbocycles. The summed E-state index contributed by atoms with van der Waals surface area (Å²) >= 11 is 0. The average Bonchev–Trinajstić information content (AvgIpc) is 3.76. The van der Waals surface area contributed by atoms with Gasteiger partial charge in [0.1, 0.15) is 17.7 Å². The average molecular weight is 788 g/mol. The molecule has 10 heteroatoms. The van der Waals surface area contributed by atoms with Crippen LogP contribution in [0.2, 0.25) is 0 Å². The van der Waals surface area contributed by atoms with E-state index in [4.69, 9.17) is 4.98 Å². The Morgan fingerprint density at radius 1 is 0.826 bits per heavy atom. The smallest absolute Gasteiger partial charge is 0.149 e. The third kappa shape index (κ3) is 5.29. The Kier molecular flexibility index (Phi) is 8.33. The van der Waals surface area contributed by atoms with Crippen LogP contribution in [-0.4, -0.2) is 33.7 Å². The number of nitrogens with zero attached hydrogens (tertiary/aromatic N) is 7. The maximum absolute atomic E-state index is 13.9. The first-order chi connectivity index (χ1) is 21.8. The zero-order chi connectivity index (χ0) is 31.2. The second-order valence-electron chi connectivity index (χ2n) is 10.8. The SMILES string of the molecule is Cc1cc(C)n(-c2cnc3c4[c-]cccc4c4ccccc4n23)n1.Cc1cccc(C)c1-n1ccnc1-c1[c-]cc(F)nc1F.[Ir]. The number of aromatic nitrogens is 7. The van der Waals surface area contributed by atoms with E-state index in [-0.39, 0.29) is 25.7 Å². The normalized spacial score (nSPS) is 11.1. The van der Waals surface area contributed by atoms with E-state index in [1.54, 1.807) is 17.0 Å². The van der Waals surface area contributed by atoms with Crippen molar-refractivity contribution in [1.29, 1.82) is 0 Å². The van der Waals surface area contributed by atoms with Crippen molar-refractivity contribution in [2.45, 2.75) is 27.7 Å². The number of halogens is 2. The summed E-state index contributed by atoms with van der Waals surface area (Å²) in [4.78, 5) is 12.1. The van der Waals surface area contributed by atoms with Crippen LogP contribution in [0.15, 0.2) is 91.4 Å². The van der Waals surface area contributed by atoms with Crippen molar-refractivity contribution < 1.29 is 28.9 Å². The molecule has 5 aromatic heterocycles. The number of hydrogen-bond acceptors (Lipinski definition) is 4. The Bertz CT molecular complexity index is 2350. The van der Waals surface area contributed by atoms with Crippen LogP contribution in [0.4, 0.5) is 8.78 Å². The number of fused-ring (bicyclic) bond motifs is 6. The van der Waals surface area contributed by atoms with Crippen LogP contribution in [0.25, 0.3) is 50.2 Å². The molecule has 0 spiro atoms. The minimum absolute atomic E-state index is 0. The van der Waals surface area contributed by atoms with E-state index in [9.17, 15) is 8.78 Å². The summed E-state index contributed by atoms with van der Waals surface area (Å²) < 4.78 is 32.7. The molecule has 5 heterocycles. The van der Waals surface area contributed by atoms with Crippen LogP contribution in [0.5, 0.6) is 0 Å². The minimum Gasteiger partial charge on any atom is -0.339 e. The molecule has 0 aliphatic rings. The maximum atomic E-state index is 13.9. The molecule has 7 nitrogen and oxygen atoms in total. The van der Waals surface area contributed by atoms with Gasteiger partial charge in [0, 0.05) is 49.4 Å². The molecule has 0 amide bonds. The number of para-hydroxylation sites is 2. The number of benzene rings is 3. The fraction of sp³-hybridized carbons (Fsp3) is 0.111. The molecular weight excluding hydrogens is 761 g/mol. The monoisotopic (exact) mass is 788 g/mol. The Hall–Kier alpha value is -5.05. The van der Waals surface area contributed by atoms with Gasteiger partial charge in [0.2, 0.25) is 0 Å². The van der Waals surface area contributed by atoms with Crippen molar-refractivity contribution in [3.05, 3.63) is 138 Å². The third-order valence-corrected chi connectivity index (χ3v) is 7.78. The van der Waals surface area contributed by atoms with Gasteiger partial charge in [-0.25, -0.2) is 13.5 Å². The first-order valence-electron chi connectivity index (χ1n) is 14.4. The van der Waals surface area contributed by atoms with Gasteiger partial charge >= 0.3 is 0 Å². The van der Waals surface area contributed by atoms with E-state index >= 15 is 0 Å². The molecule has 8 rings (SSSR count). The van der Waals surface area contributed by atoms with Gasteiger partial charge in [-0.05, 0) is 56.3 Å². The summed E-state index contributed by atoms with van der Waals surface area (Å²) in [7, 11) is 0. The number of hydrogen-bond donors (Lipinski definition) is 0. The van der Waals surface area contributed by atoms with Crippen molar-refractivity contribution in [3.63, 3.8) is 0 Å². The Morgan fingerprint density at radius 3 is 2.33 bits per heavy atom. The first-order valence-corrected chi connectivity index (χ1v) is 14.4. The molecule has 0 atom stereocenters. The molecular formula is C36H27F2IrN7-2. The summed E-state index contributed by atoms with van der Waals surface area (Å²) in [6, 6.07) is 29.4. The fourth-order valence-corrected chi connectivity index (χ4v) is 5.89. The number of imidazole rings is 2. The van der Waals surface area contributed by atoms with Gasteiger partial charge in [0.15, 0.2) is 0 Å². The zero-order valence-electron chi connectivity index (χ0n) is 25.4. The van der Waals surface area contributed by atoms with E-state index < -0.39 is 11.9 Å². The maximum Gasteiger partial charge on any atom is 0.149 e. The molecule has 0 aliphatic carbocycles. The van der Waals surface area contributed by atoms with Gasteiger partial charge in [-0.15, -0.1) is 35.7 Å². The molecule has 0 N–H and O–H groups in total. The first kappa shape index (κ1) is 31.0. The molecule has 0 saturated heterocycles. The van der Waals surface area contributed by atoms with Crippen LogP contribution in [0.1, 0.15) is 22.5 Å². The standard InChI is InChI=1S/C20H15N4.C16H12F2N3.Ir/c1-13-11-14(2)24(22-13)19-12-21-20-17-9-4-3-7-15(17)16-8-5-6-10-18(16)23(19)20;1-10-4-3-5-11(2)14(10)21-9-8-19-16(21)12-6-7-13(17)20-15(12)18;/h3-8,10-12H,1-2H3;3-5,7-9H,1-2H3;/q2*-1;. The van der Waals surface area contributed by atoms with Crippen LogP contribution < -0.4 is 0 Å². The predicted octanol–water partition coefficient (Wildman–Crippen LogP) is 7.87. The van der Waals surface area contributed by atoms with Crippen molar-refractivity contribution in [2.24, 2.45) is 0 Å². The topological polar surface area (TPSA) is 65.8 Å². The molecule has 0 aliphatic heterocycles. The summed E-state index contributed by atoms with van der Waals surface area (Å²) in [6.07, 6.45) is 5.20. The van der Waals surface area contributed by atoms with Gasteiger partial charge in [-0.1, -0.05) is 53.4 Å². The quantitative estimate of drug-likeness (QED) is 0.104. The predicted molar refractivity (Wildman–Crippen MR) is 171 cm³/mol. The fourth-order valence-electron chi connectivity index (χ4n) is 5.89. The van der Waals surface area contributed by atoms with Crippen LogP contribution in [0.3, 0.4) is 0 Å². The summed E-state index contributed by atoms with van der Waals surface area (Å²) in [5.41, 5.74) is 7.15. The van der Waals surface area contributed by atoms with E-state index in [0.29, 0.717) is 5.82 Å². The van der Waals surface area contributed by atoms with E-state index in [1.165, 1.54) is 10.8 Å². The van der Waals surface area contributed by atoms with Crippen LogP contribution >= 0.6 is 0 Å². The largest absolute Gasteiger partial charge is 0.339 e. The van der Waals surface area contributed by atoms with Gasteiger partial charge < -0.3 is 8.97 Å². The molecule has 231 valence electrons. The third-order valence-electron chi connectivity index (χ3n) is 7.78.